The molecule has 12 heteroatoms. The first-order chi connectivity index (χ1) is 16.5. The standard InChI is InChI=1S/C23H27F3N6O3/c1-13-15(10-27-31(13)3)12-30(2)22(33)16-11-28-32-20(23(24,25)26)9-17(29-21(16)32)14-6-7-18(34-4)19(8-14)35-5/h6-8,10-11,17,20,29H,9,12H2,1-5H3/t17-,20-/m0/s1. The Bertz CT molecular complexity index is 1240. The van der Waals surface area contributed by atoms with Crippen molar-refractivity contribution < 1.29 is 27.4 Å². The van der Waals surface area contributed by atoms with Gasteiger partial charge in [-0.05, 0) is 24.6 Å². The molecule has 0 unspecified atom stereocenters. The molecule has 0 fully saturated rings. The molecule has 2 atom stereocenters. The third-order valence-electron chi connectivity index (χ3n) is 6.37. The maximum absolute atomic E-state index is 14.0. The monoisotopic (exact) mass is 492 g/mol. The van der Waals surface area contributed by atoms with Gasteiger partial charge in [-0.1, -0.05) is 6.07 Å². The lowest BCUT2D eigenvalue weighted by Crippen LogP contribution is -2.36. The molecule has 1 aliphatic heterocycles. The first-order valence-electron chi connectivity index (χ1n) is 10.9. The molecule has 3 aromatic rings. The van der Waals surface area contributed by atoms with Gasteiger partial charge in [0.1, 0.15) is 11.4 Å². The molecule has 0 bridgehead atoms. The van der Waals surface area contributed by atoms with E-state index in [1.807, 2.05) is 6.92 Å². The van der Waals surface area contributed by atoms with Crippen LogP contribution in [0, 0.1) is 6.92 Å². The van der Waals surface area contributed by atoms with Crippen LogP contribution in [0.5, 0.6) is 11.5 Å². The summed E-state index contributed by atoms with van der Waals surface area (Å²) < 4.78 is 55.2. The van der Waals surface area contributed by atoms with E-state index in [1.54, 1.807) is 43.2 Å². The summed E-state index contributed by atoms with van der Waals surface area (Å²) in [5, 5.41) is 11.2. The number of halogens is 3. The van der Waals surface area contributed by atoms with E-state index in [0.717, 1.165) is 15.9 Å². The molecule has 0 radical (unpaired) electrons. The Labute approximate surface area is 200 Å². The number of amides is 1. The fourth-order valence-electron chi connectivity index (χ4n) is 4.24. The number of hydrogen-bond acceptors (Lipinski definition) is 6. The van der Waals surface area contributed by atoms with Crippen LogP contribution >= 0.6 is 0 Å². The number of ether oxygens (including phenoxy) is 2. The fourth-order valence-corrected chi connectivity index (χ4v) is 4.24. The van der Waals surface area contributed by atoms with Gasteiger partial charge in [0.05, 0.1) is 32.7 Å². The lowest BCUT2D eigenvalue weighted by atomic mass is 9.96. The van der Waals surface area contributed by atoms with E-state index in [2.05, 4.69) is 15.5 Å². The summed E-state index contributed by atoms with van der Waals surface area (Å²) in [4.78, 5) is 14.7. The molecule has 4 rings (SSSR count). The summed E-state index contributed by atoms with van der Waals surface area (Å²) in [7, 11) is 6.33. The molecular weight excluding hydrogens is 465 g/mol. The van der Waals surface area contributed by atoms with Crippen molar-refractivity contribution in [1.82, 2.24) is 24.5 Å². The van der Waals surface area contributed by atoms with Gasteiger partial charge >= 0.3 is 6.18 Å². The van der Waals surface area contributed by atoms with Crippen LogP contribution in [0.25, 0.3) is 0 Å². The molecule has 0 saturated heterocycles. The lowest BCUT2D eigenvalue weighted by Gasteiger charge is -2.34. The van der Waals surface area contributed by atoms with Gasteiger partial charge in [-0.25, -0.2) is 4.68 Å². The third kappa shape index (κ3) is 4.52. The second-order valence-electron chi connectivity index (χ2n) is 8.50. The summed E-state index contributed by atoms with van der Waals surface area (Å²) in [6, 6.07) is 2.32. The smallest absolute Gasteiger partial charge is 0.410 e. The first-order valence-corrected chi connectivity index (χ1v) is 10.9. The number of benzene rings is 1. The van der Waals surface area contributed by atoms with Crippen molar-refractivity contribution in [2.75, 3.05) is 26.6 Å². The number of nitrogens with zero attached hydrogens (tertiary/aromatic N) is 5. The van der Waals surface area contributed by atoms with Crippen molar-refractivity contribution in [1.29, 1.82) is 0 Å². The minimum absolute atomic E-state index is 0.0260. The van der Waals surface area contributed by atoms with E-state index in [-0.39, 0.29) is 24.3 Å². The maximum atomic E-state index is 14.0. The van der Waals surface area contributed by atoms with Crippen LogP contribution in [-0.4, -0.2) is 57.8 Å². The van der Waals surface area contributed by atoms with Crippen molar-refractivity contribution in [2.24, 2.45) is 7.05 Å². The minimum Gasteiger partial charge on any atom is -0.493 e. The van der Waals surface area contributed by atoms with Crippen LogP contribution in [0.3, 0.4) is 0 Å². The van der Waals surface area contributed by atoms with Gasteiger partial charge in [-0.2, -0.15) is 23.4 Å². The molecule has 1 N–H and O–H groups in total. The zero-order valence-corrected chi connectivity index (χ0v) is 20.1. The van der Waals surface area contributed by atoms with E-state index >= 15 is 0 Å². The van der Waals surface area contributed by atoms with Crippen LogP contribution in [0.2, 0.25) is 0 Å². The normalized spacial score (nSPS) is 17.5. The highest BCUT2D eigenvalue weighted by atomic mass is 19.4. The average molecular weight is 493 g/mol. The highest BCUT2D eigenvalue weighted by molar-refractivity contribution is 5.98. The first kappa shape index (κ1) is 24.4. The number of fused-ring (bicyclic) bond motifs is 1. The number of rotatable bonds is 6. The molecule has 3 heterocycles. The zero-order valence-electron chi connectivity index (χ0n) is 20.1. The Kier molecular flexibility index (Phi) is 6.39. The minimum atomic E-state index is -4.56. The van der Waals surface area contributed by atoms with E-state index in [4.69, 9.17) is 9.47 Å². The highest BCUT2D eigenvalue weighted by Gasteiger charge is 2.47. The number of methoxy groups -OCH3 is 2. The average Bonchev–Trinajstić information content (AvgIpc) is 3.40. The third-order valence-corrected chi connectivity index (χ3v) is 6.37. The molecular formula is C23H27F3N6O3. The van der Waals surface area contributed by atoms with Gasteiger partial charge in [-0.3, -0.25) is 9.48 Å². The number of nitrogens with one attached hydrogen (secondary N) is 1. The predicted octanol–water partition coefficient (Wildman–Crippen LogP) is 3.87. The number of alkyl halides is 3. The van der Waals surface area contributed by atoms with Crippen LogP contribution in [0.4, 0.5) is 19.0 Å². The largest absolute Gasteiger partial charge is 0.493 e. The summed E-state index contributed by atoms with van der Waals surface area (Å²) >= 11 is 0. The van der Waals surface area contributed by atoms with Crippen molar-refractivity contribution in [3.63, 3.8) is 0 Å². The Morgan fingerprint density at radius 3 is 2.51 bits per heavy atom. The highest BCUT2D eigenvalue weighted by Crippen LogP contribution is 2.45. The number of aromatic nitrogens is 4. The van der Waals surface area contributed by atoms with Crippen molar-refractivity contribution in [2.45, 2.75) is 38.1 Å². The van der Waals surface area contributed by atoms with Crippen LogP contribution in [0.15, 0.2) is 30.6 Å². The molecule has 0 spiro atoms. The summed E-state index contributed by atoms with van der Waals surface area (Å²) in [6.07, 6.45) is -2.01. The molecule has 1 aliphatic rings. The Balaban J connectivity index is 1.68. The van der Waals surface area contributed by atoms with Crippen LogP contribution in [-0.2, 0) is 13.6 Å². The Morgan fingerprint density at radius 2 is 1.91 bits per heavy atom. The molecule has 1 aromatic carbocycles. The topological polar surface area (TPSA) is 86.4 Å². The van der Waals surface area contributed by atoms with Crippen LogP contribution in [0.1, 0.15) is 45.7 Å². The molecule has 0 aliphatic carbocycles. The van der Waals surface area contributed by atoms with Gasteiger partial charge in [0.2, 0.25) is 0 Å². The van der Waals surface area contributed by atoms with Gasteiger partial charge < -0.3 is 19.7 Å². The van der Waals surface area contributed by atoms with Crippen molar-refractivity contribution in [3.05, 3.63) is 53.0 Å². The van der Waals surface area contributed by atoms with Gasteiger partial charge in [-0.15, -0.1) is 0 Å². The predicted molar refractivity (Wildman–Crippen MR) is 122 cm³/mol. The maximum Gasteiger partial charge on any atom is 0.410 e. The molecule has 35 heavy (non-hydrogen) atoms. The van der Waals surface area contributed by atoms with Gasteiger partial charge in [0.15, 0.2) is 17.5 Å². The SMILES string of the molecule is COc1ccc([C@@H]2C[C@@H](C(F)(F)F)n3ncc(C(=O)N(C)Cc4cnn(C)c4C)c3N2)cc1OC. The van der Waals surface area contributed by atoms with Crippen LogP contribution < -0.4 is 14.8 Å². The molecule has 1 amide bonds. The van der Waals surface area contributed by atoms with Crippen molar-refractivity contribution in [3.8, 4) is 11.5 Å². The summed E-state index contributed by atoms with van der Waals surface area (Å²) in [5.41, 5.74) is 2.37. The molecule has 2 aromatic heterocycles. The number of hydrogen-bond donors (Lipinski definition) is 1. The molecule has 0 saturated carbocycles. The zero-order chi connectivity index (χ0) is 25.5. The van der Waals surface area contributed by atoms with Crippen molar-refractivity contribution >= 4 is 11.7 Å². The Hall–Kier alpha value is -3.70. The quantitative estimate of drug-likeness (QED) is 0.562. The number of carbonyl (C=O) groups excluding carboxylic acids is 1. The Morgan fingerprint density at radius 1 is 1.20 bits per heavy atom. The van der Waals surface area contributed by atoms with E-state index in [9.17, 15) is 18.0 Å². The lowest BCUT2D eigenvalue weighted by molar-refractivity contribution is -0.173. The van der Waals surface area contributed by atoms with Gasteiger partial charge in [0, 0.05) is 38.3 Å². The second-order valence-corrected chi connectivity index (χ2v) is 8.50. The molecule has 188 valence electrons. The second kappa shape index (κ2) is 9.16. The number of carbonyl (C=O) groups is 1. The summed E-state index contributed by atoms with van der Waals surface area (Å²) in [5.74, 6) is 0.444. The van der Waals surface area contributed by atoms with Gasteiger partial charge in [0.25, 0.3) is 5.91 Å². The van der Waals surface area contributed by atoms with E-state index < -0.39 is 24.2 Å². The fraction of sp³-hybridized carbons (Fsp3) is 0.435. The molecule has 9 nitrogen and oxygen atoms in total. The number of anilines is 1. The summed E-state index contributed by atoms with van der Waals surface area (Å²) in [6.45, 7) is 2.14. The van der Waals surface area contributed by atoms with E-state index in [0.29, 0.717) is 17.1 Å². The van der Waals surface area contributed by atoms with E-state index in [1.165, 1.54) is 25.3 Å². The number of aryl methyl sites for hydroxylation is 1.